The van der Waals surface area contributed by atoms with Gasteiger partial charge >= 0.3 is 0 Å². The molecule has 590 valence electrons. The molecule has 0 saturated heterocycles. The van der Waals surface area contributed by atoms with Crippen molar-refractivity contribution in [1.29, 1.82) is 0 Å². The van der Waals surface area contributed by atoms with E-state index in [1.54, 1.807) is 0 Å². The molecule has 10 heteroatoms. The fraction of sp³-hybridized carbons (Fsp3) is 0.0442. The van der Waals surface area contributed by atoms with Gasteiger partial charge in [0.15, 0.2) is 29.1 Å². The Kier molecular flexibility index (Phi) is 25.9. The first kappa shape index (κ1) is 80.7. The Morgan fingerprint density at radius 1 is 0.146 bits per heavy atom. The highest BCUT2D eigenvalue weighted by molar-refractivity contribution is 5.95. The van der Waals surface area contributed by atoms with Crippen molar-refractivity contribution in [3.8, 4) is 158 Å². The summed E-state index contributed by atoms with van der Waals surface area (Å²) in [6.45, 7) is 10.3. The molecule has 0 unspecified atom stereocenters. The van der Waals surface area contributed by atoms with Crippen LogP contribution in [0.5, 0.6) is 0 Å². The van der Waals surface area contributed by atoms with Crippen LogP contribution in [0.25, 0.3) is 169 Å². The molecule has 0 aliphatic carbocycles. The smallest absolute Gasteiger partial charge is 0.164 e. The molecule has 0 radical (unpaired) electrons. The lowest BCUT2D eigenvalue weighted by molar-refractivity contribution is 0.993. The van der Waals surface area contributed by atoms with E-state index < -0.39 is 0 Å². The minimum absolute atomic E-state index is 0.709. The molecule has 0 saturated carbocycles. The van der Waals surface area contributed by atoms with Crippen molar-refractivity contribution in [3.05, 3.63) is 471 Å². The number of aromatic nitrogens is 10. The summed E-state index contributed by atoms with van der Waals surface area (Å²) in [6, 6.07) is 151. The Morgan fingerprint density at radius 2 is 0.431 bits per heavy atom. The summed E-state index contributed by atoms with van der Waals surface area (Å²) < 4.78 is 0. The van der Waals surface area contributed by atoms with Gasteiger partial charge in [0.25, 0.3) is 0 Å². The quantitative estimate of drug-likeness (QED) is 0.104. The fourth-order valence-electron chi connectivity index (χ4n) is 14.4. The summed E-state index contributed by atoms with van der Waals surface area (Å²) in [6.07, 6.45) is 0. The van der Waals surface area contributed by atoms with Gasteiger partial charge in [-0.2, -0.15) is 0 Å². The van der Waals surface area contributed by atoms with Crippen LogP contribution in [-0.2, 0) is 0 Å². The van der Waals surface area contributed by atoms with E-state index in [1.807, 2.05) is 213 Å². The van der Waals surface area contributed by atoms with Crippen LogP contribution in [0.4, 0.5) is 0 Å². The predicted octanol–water partition coefficient (Wildman–Crippen LogP) is 28.4. The van der Waals surface area contributed by atoms with Crippen LogP contribution in [0.2, 0.25) is 0 Å². The second-order valence-electron chi connectivity index (χ2n) is 29.8. The maximum Gasteiger partial charge on any atom is 0.164 e. The molecule has 5 heterocycles. The molecule has 0 spiro atoms. The molecule has 0 N–H and O–H groups in total. The minimum atomic E-state index is 0.709. The second-order valence-corrected chi connectivity index (χ2v) is 29.8. The molecule has 0 bridgehead atoms. The third-order valence-electron chi connectivity index (χ3n) is 20.7. The largest absolute Gasteiger partial charge is 0.248 e. The predicted molar refractivity (Wildman–Crippen MR) is 507 cm³/mol. The van der Waals surface area contributed by atoms with Gasteiger partial charge < -0.3 is 0 Å². The molecule has 123 heavy (non-hydrogen) atoms. The van der Waals surface area contributed by atoms with E-state index in [1.165, 1.54) is 38.8 Å². The van der Waals surface area contributed by atoms with Gasteiger partial charge in [-0.25, -0.2) is 49.8 Å². The first-order valence-electron chi connectivity index (χ1n) is 41.2. The zero-order chi connectivity index (χ0) is 83.9. The monoisotopic (exact) mass is 1580 g/mol. The average Bonchev–Trinajstić information content (AvgIpc) is 0.795. The Morgan fingerprint density at radius 3 is 0.821 bits per heavy atom. The highest BCUT2D eigenvalue weighted by Crippen LogP contribution is 2.36. The Labute approximate surface area is 719 Å². The van der Waals surface area contributed by atoms with Crippen LogP contribution in [0.15, 0.2) is 443 Å². The first-order valence-corrected chi connectivity index (χ1v) is 41.2. The van der Waals surface area contributed by atoms with E-state index in [0.29, 0.717) is 11.6 Å². The number of benzene rings is 15. The Balaban J connectivity index is 0.000000114. The third-order valence-corrected chi connectivity index (χ3v) is 20.7. The van der Waals surface area contributed by atoms with Gasteiger partial charge in [-0.05, 0) is 105 Å². The molecular weight excluding hydrogens is 1500 g/mol. The van der Waals surface area contributed by atoms with Gasteiger partial charge in [0, 0.05) is 72.3 Å². The lowest BCUT2D eigenvalue weighted by atomic mass is 9.99. The molecule has 20 aromatic rings. The summed E-state index contributed by atoms with van der Waals surface area (Å²) in [4.78, 5) is 47.6. The molecule has 0 aliphatic rings. The van der Waals surface area contributed by atoms with Crippen LogP contribution in [0.3, 0.4) is 0 Å². The van der Waals surface area contributed by atoms with Crippen molar-refractivity contribution >= 4 is 10.8 Å². The van der Waals surface area contributed by atoms with Crippen LogP contribution < -0.4 is 0 Å². The maximum atomic E-state index is 4.92. The van der Waals surface area contributed by atoms with Crippen LogP contribution in [0.1, 0.15) is 28.1 Å². The van der Waals surface area contributed by atoms with E-state index in [-0.39, 0.29) is 0 Å². The van der Waals surface area contributed by atoms with Gasteiger partial charge in [-0.3, -0.25) is 0 Å². The number of hydrogen-bond donors (Lipinski definition) is 0. The lowest BCUT2D eigenvalue weighted by Gasteiger charge is -2.10. The molecule has 5 aromatic heterocycles. The second kappa shape index (κ2) is 39.5. The number of nitrogens with zero attached hydrogens (tertiary/aromatic N) is 10. The molecule has 0 fully saturated rings. The van der Waals surface area contributed by atoms with Crippen molar-refractivity contribution in [1.82, 2.24) is 49.8 Å². The summed E-state index contributed by atoms with van der Waals surface area (Å²) in [5.74, 6) is 4.40. The normalized spacial score (nSPS) is 10.6. The van der Waals surface area contributed by atoms with Crippen molar-refractivity contribution in [2.24, 2.45) is 0 Å². The van der Waals surface area contributed by atoms with Gasteiger partial charge in [0.2, 0.25) is 0 Å². The molecular formula is C113H88N10. The summed E-state index contributed by atoms with van der Waals surface area (Å²) in [5, 5.41) is 2.34. The van der Waals surface area contributed by atoms with Crippen molar-refractivity contribution in [2.75, 3.05) is 0 Å². The molecule has 15 aromatic carbocycles. The summed E-state index contributed by atoms with van der Waals surface area (Å²) in [5.41, 5.74) is 29.0. The van der Waals surface area contributed by atoms with Crippen molar-refractivity contribution < 1.29 is 0 Å². The summed E-state index contributed by atoms with van der Waals surface area (Å²) >= 11 is 0. The maximum absolute atomic E-state index is 4.92. The van der Waals surface area contributed by atoms with Crippen LogP contribution >= 0.6 is 0 Å². The van der Waals surface area contributed by atoms with Crippen LogP contribution in [0, 0.1) is 34.6 Å². The number of aryl methyl sites for hydroxylation is 5. The number of fused-ring (bicyclic) bond motifs is 1. The molecule has 10 nitrogen and oxygen atoms in total. The zero-order valence-corrected chi connectivity index (χ0v) is 69.1. The first-order chi connectivity index (χ1) is 60.5. The molecule has 0 aliphatic heterocycles. The lowest BCUT2D eigenvalue weighted by Crippen LogP contribution is -1.99. The van der Waals surface area contributed by atoms with Gasteiger partial charge in [0.1, 0.15) is 5.82 Å². The van der Waals surface area contributed by atoms with E-state index in [2.05, 4.69) is 274 Å². The highest BCUT2D eigenvalue weighted by Gasteiger charge is 2.17. The molecule has 0 atom stereocenters. The minimum Gasteiger partial charge on any atom is -0.248 e. The standard InChI is InChI=1S/C24H19N.3C23H18N2.C20H15N3/c1-18-12-14-19(15-13-18)22-16-23(20-8-4-2-5-9-20)25-24(17-22)21-10-6-3-7-11-21;1-17-10-8-9-15-20(17)22-16-21(18-11-4-2-5-12-18)24-23(25-22)19-13-6-3-7-14-19;2*1-17-9-8-14-20(15-17)22-16-21(18-10-4-2-5-11-18)24-23(25-22)19-12-6-3-7-13-19;1-14-21-19(16-9-3-2-4-10-16)23-20(22-14)18-13-7-11-15-8-5-6-12-17(15)18/h2-17H,1H3;3*2-16H,1H3;2-13H,1H3. The zero-order valence-electron chi connectivity index (χ0n) is 69.1. The molecule has 0 amide bonds. The fourth-order valence-corrected chi connectivity index (χ4v) is 14.4. The van der Waals surface area contributed by atoms with E-state index in [4.69, 9.17) is 39.9 Å². The summed E-state index contributed by atoms with van der Waals surface area (Å²) in [7, 11) is 0. The number of pyridine rings is 1. The van der Waals surface area contributed by atoms with Crippen LogP contribution in [-0.4, -0.2) is 49.8 Å². The van der Waals surface area contributed by atoms with Gasteiger partial charge in [-0.15, -0.1) is 0 Å². The Bertz CT molecular complexity index is 6460. The topological polar surface area (TPSA) is 129 Å². The van der Waals surface area contributed by atoms with Gasteiger partial charge in [-0.1, -0.05) is 417 Å². The molecule has 20 rings (SSSR count). The number of rotatable bonds is 14. The van der Waals surface area contributed by atoms with Crippen molar-refractivity contribution in [2.45, 2.75) is 34.6 Å². The van der Waals surface area contributed by atoms with E-state index in [9.17, 15) is 0 Å². The highest BCUT2D eigenvalue weighted by atomic mass is 15.0. The number of hydrogen-bond acceptors (Lipinski definition) is 10. The average molecular weight is 1590 g/mol. The SMILES string of the molecule is Cc1ccc(-c2cc(-c3ccccc3)nc(-c3ccccc3)c2)cc1.Cc1cccc(-c2cc(-c3ccccc3)nc(-c3ccccc3)n2)c1.Cc1cccc(-c2cc(-c3ccccc3)nc(-c3ccccc3)n2)c1.Cc1ccccc1-c1cc(-c2ccccc2)nc(-c2ccccc2)n1.Cc1nc(-c2ccccc2)nc(-c2cccc3ccccc23)n1. The van der Waals surface area contributed by atoms with Crippen molar-refractivity contribution in [3.63, 3.8) is 0 Å². The van der Waals surface area contributed by atoms with E-state index in [0.717, 1.165) is 147 Å². The van der Waals surface area contributed by atoms with E-state index >= 15 is 0 Å². The van der Waals surface area contributed by atoms with Gasteiger partial charge in [0.05, 0.1) is 45.6 Å². The third kappa shape index (κ3) is 20.9. The Hall–Kier alpha value is -16.0.